The maximum Gasteiger partial charge on any atom is 0.256 e. The molecule has 1 amide bonds. The van der Waals surface area contributed by atoms with Gasteiger partial charge in [0, 0.05) is 10.4 Å². The number of nitriles is 1. The van der Waals surface area contributed by atoms with Crippen molar-refractivity contribution in [3.8, 4) is 6.07 Å². The van der Waals surface area contributed by atoms with Crippen LogP contribution in [0.4, 0.5) is 5.00 Å². The van der Waals surface area contributed by atoms with Crippen molar-refractivity contribution in [1.82, 2.24) is 0 Å². The van der Waals surface area contributed by atoms with Gasteiger partial charge in [-0.1, -0.05) is 26.8 Å². The fourth-order valence-electron chi connectivity index (χ4n) is 4.02. The third-order valence-corrected chi connectivity index (χ3v) is 6.98. The van der Waals surface area contributed by atoms with Gasteiger partial charge in [-0.05, 0) is 59.4 Å². The van der Waals surface area contributed by atoms with E-state index in [-0.39, 0.29) is 11.3 Å². The molecule has 1 aliphatic carbocycles. The van der Waals surface area contributed by atoms with E-state index < -0.39 is 0 Å². The summed E-state index contributed by atoms with van der Waals surface area (Å²) >= 11 is 1.58. The lowest BCUT2D eigenvalue weighted by molar-refractivity contribution is 0.102. The molecule has 0 unspecified atom stereocenters. The molecular formula is C22H24N2O2S. The summed E-state index contributed by atoms with van der Waals surface area (Å²) < 4.78 is 5.42. The Hall–Kier alpha value is -2.16. The number of hydrogen-bond donors (Lipinski definition) is 1. The number of carbonyl (C=O) groups is 1. The number of nitrogens with zero attached hydrogens (tertiary/aromatic N) is 1. The second-order valence-electron chi connectivity index (χ2n) is 8.56. The molecular weight excluding hydrogens is 356 g/mol. The van der Waals surface area contributed by atoms with Crippen LogP contribution in [0.5, 0.6) is 0 Å². The summed E-state index contributed by atoms with van der Waals surface area (Å²) in [5.74, 6) is 0.447. The maximum absolute atomic E-state index is 12.8. The van der Waals surface area contributed by atoms with Gasteiger partial charge in [0.2, 0.25) is 0 Å². The molecule has 27 heavy (non-hydrogen) atoms. The van der Waals surface area contributed by atoms with E-state index in [9.17, 15) is 10.1 Å². The number of nitrogens with one attached hydrogen (secondary N) is 1. The minimum atomic E-state index is -0.160. The van der Waals surface area contributed by atoms with Crippen LogP contribution in [0, 0.1) is 22.7 Å². The fraction of sp³-hybridized carbons (Fsp3) is 0.455. The Kier molecular flexibility index (Phi) is 4.57. The van der Waals surface area contributed by atoms with E-state index in [0.717, 1.165) is 36.0 Å². The van der Waals surface area contributed by atoms with Crippen LogP contribution in [-0.4, -0.2) is 5.91 Å². The van der Waals surface area contributed by atoms with E-state index >= 15 is 0 Å². The number of hydrogen-bond acceptors (Lipinski definition) is 4. The standard InChI is InChI=1S/C22H24N2O2S/c1-22(2,3)16-6-7-17-18(10-23)21(27-19(17)9-16)24-20(25)13-4-5-14-11-26-12-15(14)8-13/h4-5,8,16H,6-7,9,11-12H2,1-3H3,(H,24,25)/t16-/m0/s1. The molecule has 4 nitrogen and oxygen atoms in total. The second kappa shape index (κ2) is 6.78. The van der Waals surface area contributed by atoms with E-state index in [1.807, 2.05) is 18.2 Å². The number of carbonyl (C=O) groups excluding carboxylic acids is 1. The summed E-state index contributed by atoms with van der Waals surface area (Å²) in [6.07, 6.45) is 3.01. The zero-order valence-electron chi connectivity index (χ0n) is 16.0. The molecule has 1 aromatic heterocycles. The van der Waals surface area contributed by atoms with Crippen LogP contribution < -0.4 is 5.32 Å². The molecule has 0 fully saturated rings. The van der Waals surface area contributed by atoms with E-state index in [4.69, 9.17) is 4.74 Å². The number of anilines is 1. The first kappa shape index (κ1) is 18.2. The van der Waals surface area contributed by atoms with Crippen LogP contribution in [0.3, 0.4) is 0 Å². The molecule has 0 spiro atoms. The second-order valence-corrected chi connectivity index (χ2v) is 9.66. The number of rotatable bonds is 2. The average molecular weight is 381 g/mol. The lowest BCUT2D eigenvalue weighted by Crippen LogP contribution is -2.26. The molecule has 5 heteroatoms. The summed E-state index contributed by atoms with van der Waals surface area (Å²) in [4.78, 5) is 14.0. The lowest BCUT2D eigenvalue weighted by atomic mass is 9.72. The third-order valence-electron chi connectivity index (χ3n) is 5.81. The maximum atomic E-state index is 12.8. The summed E-state index contributed by atoms with van der Waals surface area (Å²) in [6.45, 7) is 8.01. The van der Waals surface area contributed by atoms with E-state index in [1.165, 1.54) is 4.88 Å². The Balaban J connectivity index is 1.59. The van der Waals surface area contributed by atoms with Gasteiger partial charge in [0.05, 0.1) is 18.8 Å². The van der Waals surface area contributed by atoms with Gasteiger partial charge in [-0.2, -0.15) is 5.26 Å². The van der Waals surface area contributed by atoms with Crippen LogP contribution in [0.25, 0.3) is 0 Å². The van der Waals surface area contributed by atoms with E-state index in [2.05, 4.69) is 32.2 Å². The van der Waals surface area contributed by atoms with Crippen molar-refractivity contribution in [3.05, 3.63) is 50.9 Å². The van der Waals surface area contributed by atoms with Gasteiger partial charge in [-0.25, -0.2) is 0 Å². The van der Waals surface area contributed by atoms with Crippen molar-refractivity contribution in [2.75, 3.05) is 5.32 Å². The molecule has 4 rings (SSSR count). The van der Waals surface area contributed by atoms with Crippen molar-refractivity contribution in [1.29, 1.82) is 5.26 Å². The molecule has 0 saturated carbocycles. The normalized spacial score (nSPS) is 18.5. The minimum Gasteiger partial charge on any atom is -0.372 e. The highest BCUT2D eigenvalue weighted by Gasteiger charge is 2.32. The summed E-state index contributed by atoms with van der Waals surface area (Å²) in [5.41, 5.74) is 4.87. The van der Waals surface area contributed by atoms with Crippen molar-refractivity contribution >= 4 is 22.2 Å². The first-order chi connectivity index (χ1) is 12.9. The van der Waals surface area contributed by atoms with Crippen LogP contribution in [0.2, 0.25) is 0 Å². The Morgan fingerprint density at radius 3 is 2.81 bits per heavy atom. The summed E-state index contributed by atoms with van der Waals surface area (Å²) in [6, 6.07) is 8.01. The van der Waals surface area contributed by atoms with E-state index in [0.29, 0.717) is 35.3 Å². The van der Waals surface area contributed by atoms with Gasteiger partial charge in [0.1, 0.15) is 11.1 Å². The zero-order chi connectivity index (χ0) is 19.2. The van der Waals surface area contributed by atoms with Crippen molar-refractivity contribution < 1.29 is 9.53 Å². The first-order valence-electron chi connectivity index (χ1n) is 9.42. The molecule has 0 bridgehead atoms. The SMILES string of the molecule is CC(C)(C)[C@H]1CCc2c(sc(NC(=O)c3ccc4c(c3)COC4)c2C#N)C1. The fourth-order valence-corrected chi connectivity index (χ4v) is 5.29. The van der Waals surface area contributed by atoms with Gasteiger partial charge < -0.3 is 10.1 Å². The van der Waals surface area contributed by atoms with Crippen LogP contribution in [0.1, 0.15) is 64.7 Å². The third kappa shape index (κ3) is 3.40. The Labute approximate surface area is 164 Å². The van der Waals surface area contributed by atoms with Crippen molar-refractivity contribution in [2.45, 2.75) is 53.2 Å². The molecule has 140 valence electrons. The Bertz CT molecular complexity index is 946. The predicted molar refractivity (Wildman–Crippen MR) is 107 cm³/mol. The molecule has 0 radical (unpaired) electrons. The first-order valence-corrected chi connectivity index (χ1v) is 10.2. The number of benzene rings is 1. The highest BCUT2D eigenvalue weighted by atomic mass is 32.1. The molecule has 1 N–H and O–H groups in total. The molecule has 0 saturated heterocycles. The largest absolute Gasteiger partial charge is 0.372 e. The number of fused-ring (bicyclic) bond motifs is 2. The molecule has 1 aromatic carbocycles. The monoisotopic (exact) mass is 380 g/mol. The molecule has 1 aliphatic heterocycles. The van der Waals surface area contributed by atoms with Gasteiger partial charge in [-0.3, -0.25) is 4.79 Å². The van der Waals surface area contributed by atoms with Gasteiger partial charge in [0.15, 0.2) is 0 Å². The van der Waals surface area contributed by atoms with Crippen LogP contribution in [-0.2, 0) is 30.8 Å². The highest BCUT2D eigenvalue weighted by Crippen LogP contribution is 2.44. The molecule has 2 heterocycles. The predicted octanol–water partition coefficient (Wildman–Crippen LogP) is 5.05. The average Bonchev–Trinajstić information content (AvgIpc) is 3.23. The van der Waals surface area contributed by atoms with Crippen molar-refractivity contribution in [3.63, 3.8) is 0 Å². The summed E-state index contributed by atoms with van der Waals surface area (Å²) in [5, 5.41) is 13.4. The minimum absolute atomic E-state index is 0.160. The molecule has 2 aromatic rings. The Morgan fingerprint density at radius 2 is 2.07 bits per heavy atom. The summed E-state index contributed by atoms with van der Waals surface area (Å²) in [7, 11) is 0. The van der Waals surface area contributed by atoms with Crippen LogP contribution >= 0.6 is 11.3 Å². The van der Waals surface area contributed by atoms with Gasteiger partial charge in [-0.15, -0.1) is 11.3 Å². The number of ether oxygens (including phenoxy) is 1. The zero-order valence-corrected chi connectivity index (χ0v) is 16.8. The lowest BCUT2D eigenvalue weighted by Gasteiger charge is -2.33. The van der Waals surface area contributed by atoms with Gasteiger partial charge >= 0.3 is 0 Å². The quantitative estimate of drug-likeness (QED) is 0.793. The highest BCUT2D eigenvalue weighted by molar-refractivity contribution is 7.16. The molecule has 2 aliphatic rings. The van der Waals surface area contributed by atoms with Crippen molar-refractivity contribution in [2.24, 2.45) is 11.3 Å². The smallest absolute Gasteiger partial charge is 0.256 e. The number of amides is 1. The topological polar surface area (TPSA) is 62.1 Å². The molecule has 1 atom stereocenters. The van der Waals surface area contributed by atoms with Crippen LogP contribution in [0.15, 0.2) is 18.2 Å². The number of thiophene rings is 1. The van der Waals surface area contributed by atoms with Gasteiger partial charge in [0.25, 0.3) is 5.91 Å². The Morgan fingerprint density at radius 1 is 1.30 bits per heavy atom. The van der Waals surface area contributed by atoms with E-state index in [1.54, 1.807) is 11.3 Å².